The molecule has 1 amide bonds. The lowest BCUT2D eigenvalue weighted by Gasteiger charge is -2.18. The van der Waals surface area contributed by atoms with E-state index in [2.05, 4.69) is 41.8 Å². The highest BCUT2D eigenvalue weighted by Crippen LogP contribution is 2.34. The number of para-hydroxylation sites is 2. The Labute approximate surface area is 180 Å². The molecule has 2 heterocycles. The number of nitrogens with zero attached hydrogens (tertiary/aromatic N) is 3. The maximum absolute atomic E-state index is 12.8. The Kier molecular flexibility index (Phi) is 4.80. The Morgan fingerprint density at radius 1 is 1.00 bits per heavy atom. The second kappa shape index (κ2) is 7.62. The zero-order valence-corrected chi connectivity index (χ0v) is 17.5. The summed E-state index contributed by atoms with van der Waals surface area (Å²) in [6, 6.07) is 24.1. The van der Waals surface area contributed by atoms with Crippen LogP contribution in [0.1, 0.15) is 29.3 Å². The van der Waals surface area contributed by atoms with Gasteiger partial charge in [0.1, 0.15) is 5.82 Å². The summed E-state index contributed by atoms with van der Waals surface area (Å²) in [5.41, 5.74) is 5.48. The number of imidazole rings is 1. The number of carbonyl (C=O) groups excluding carboxylic acids is 1. The highest BCUT2D eigenvalue weighted by molar-refractivity contribution is 6.30. The van der Waals surface area contributed by atoms with Crippen molar-refractivity contribution in [2.75, 3.05) is 11.4 Å². The van der Waals surface area contributed by atoms with Crippen molar-refractivity contribution in [3.05, 3.63) is 94.8 Å². The minimum atomic E-state index is 0.0459. The average Bonchev–Trinajstić information content (AvgIpc) is 3.31. The van der Waals surface area contributed by atoms with E-state index in [1.807, 2.05) is 47.4 Å². The molecule has 1 fully saturated rings. The van der Waals surface area contributed by atoms with Crippen molar-refractivity contribution in [1.82, 2.24) is 9.55 Å². The number of carbonyl (C=O) groups is 1. The molecule has 4 nitrogen and oxygen atoms in total. The summed E-state index contributed by atoms with van der Waals surface area (Å²) in [6.45, 7) is 3.50. The molecule has 5 heteroatoms. The summed E-state index contributed by atoms with van der Waals surface area (Å²) in [4.78, 5) is 19.6. The number of halogens is 1. The van der Waals surface area contributed by atoms with Crippen LogP contribution in [-0.2, 0) is 11.3 Å². The molecule has 1 atom stereocenters. The molecule has 5 rings (SSSR count). The molecule has 0 radical (unpaired) electrons. The molecule has 1 aliphatic heterocycles. The summed E-state index contributed by atoms with van der Waals surface area (Å²) in [7, 11) is 0. The molecule has 1 aliphatic rings. The summed E-state index contributed by atoms with van der Waals surface area (Å²) >= 11 is 6.02. The number of fused-ring (bicyclic) bond motifs is 1. The van der Waals surface area contributed by atoms with Gasteiger partial charge in [-0.2, -0.15) is 0 Å². The molecule has 0 aliphatic carbocycles. The fourth-order valence-corrected chi connectivity index (χ4v) is 4.41. The highest BCUT2D eigenvalue weighted by Gasteiger charge is 2.34. The van der Waals surface area contributed by atoms with E-state index in [4.69, 9.17) is 16.6 Å². The number of benzene rings is 3. The van der Waals surface area contributed by atoms with E-state index in [0.717, 1.165) is 29.1 Å². The first kappa shape index (κ1) is 18.9. The lowest BCUT2D eigenvalue weighted by Crippen LogP contribution is -2.24. The lowest BCUT2D eigenvalue weighted by molar-refractivity contribution is -0.117. The van der Waals surface area contributed by atoms with Crippen molar-refractivity contribution in [2.45, 2.75) is 25.8 Å². The maximum atomic E-state index is 12.8. The normalized spacial score (nSPS) is 16.5. The van der Waals surface area contributed by atoms with Gasteiger partial charge in [-0.25, -0.2) is 4.98 Å². The molecule has 3 aromatic carbocycles. The zero-order chi connectivity index (χ0) is 20.7. The van der Waals surface area contributed by atoms with E-state index in [9.17, 15) is 4.79 Å². The van der Waals surface area contributed by atoms with Gasteiger partial charge >= 0.3 is 0 Å². The molecule has 30 heavy (non-hydrogen) atoms. The Morgan fingerprint density at radius 3 is 2.53 bits per heavy atom. The largest absolute Gasteiger partial charge is 0.323 e. The second-order valence-corrected chi connectivity index (χ2v) is 8.29. The number of aryl methyl sites for hydroxylation is 1. The van der Waals surface area contributed by atoms with Crippen molar-refractivity contribution < 1.29 is 4.79 Å². The van der Waals surface area contributed by atoms with Gasteiger partial charge in [0.25, 0.3) is 0 Å². The van der Waals surface area contributed by atoms with Crippen LogP contribution in [-0.4, -0.2) is 22.0 Å². The molecule has 0 unspecified atom stereocenters. The van der Waals surface area contributed by atoms with Crippen LogP contribution in [0.25, 0.3) is 11.0 Å². The van der Waals surface area contributed by atoms with Crippen molar-refractivity contribution in [3.8, 4) is 0 Å². The van der Waals surface area contributed by atoms with Gasteiger partial charge in [-0.3, -0.25) is 4.79 Å². The molecule has 0 bridgehead atoms. The molecule has 0 N–H and O–H groups in total. The number of amides is 1. The smallest absolute Gasteiger partial charge is 0.227 e. The number of hydrogen-bond donors (Lipinski definition) is 0. The Balaban J connectivity index is 1.53. The van der Waals surface area contributed by atoms with Gasteiger partial charge in [0.15, 0.2) is 0 Å². The van der Waals surface area contributed by atoms with E-state index in [1.165, 1.54) is 11.1 Å². The second-order valence-electron chi connectivity index (χ2n) is 7.85. The van der Waals surface area contributed by atoms with Gasteiger partial charge < -0.3 is 9.47 Å². The predicted molar refractivity (Wildman–Crippen MR) is 121 cm³/mol. The summed E-state index contributed by atoms with van der Waals surface area (Å²) in [6.07, 6.45) is 0.458. The topological polar surface area (TPSA) is 38.1 Å². The number of hydrogen-bond acceptors (Lipinski definition) is 2. The van der Waals surface area contributed by atoms with Crippen LogP contribution in [0.4, 0.5) is 5.69 Å². The van der Waals surface area contributed by atoms with Gasteiger partial charge in [0, 0.05) is 36.1 Å². The van der Waals surface area contributed by atoms with Gasteiger partial charge in [0.2, 0.25) is 5.91 Å². The van der Waals surface area contributed by atoms with Crippen LogP contribution in [0.3, 0.4) is 0 Å². The third-order valence-corrected chi connectivity index (χ3v) is 6.15. The quantitative estimate of drug-likeness (QED) is 0.437. The summed E-state index contributed by atoms with van der Waals surface area (Å²) in [5.74, 6) is 1.14. The molecular formula is C25H22ClN3O. The van der Waals surface area contributed by atoms with Crippen LogP contribution in [0.15, 0.2) is 72.8 Å². The van der Waals surface area contributed by atoms with Crippen LogP contribution >= 0.6 is 11.6 Å². The highest BCUT2D eigenvalue weighted by atomic mass is 35.5. The lowest BCUT2D eigenvalue weighted by atomic mass is 10.1. The number of aromatic nitrogens is 2. The first-order valence-electron chi connectivity index (χ1n) is 10.2. The Morgan fingerprint density at radius 2 is 1.73 bits per heavy atom. The van der Waals surface area contributed by atoms with E-state index in [0.29, 0.717) is 18.0 Å². The van der Waals surface area contributed by atoms with E-state index < -0.39 is 0 Å². The Hall–Kier alpha value is -3.11. The molecule has 1 aromatic heterocycles. The predicted octanol–water partition coefficient (Wildman–Crippen LogP) is 5.57. The SMILES string of the molecule is Cc1ccccc1Cn1c([C@H]2CC(=O)N(c3ccc(Cl)cc3)C2)nc2ccccc21. The van der Waals surface area contributed by atoms with Gasteiger partial charge in [-0.05, 0) is 54.4 Å². The number of anilines is 1. The van der Waals surface area contributed by atoms with Crippen molar-refractivity contribution in [1.29, 1.82) is 0 Å². The van der Waals surface area contributed by atoms with Gasteiger partial charge in [-0.1, -0.05) is 48.0 Å². The fourth-order valence-electron chi connectivity index (χ4n) is 4.28. The van der Waals surface area contributed by atoms with Crippen molar-refractivity contribution >= 4 is 34.2 Å². The van der Waals surface area contributed by atoms with Crippen LogP contribution in [0.5, 0.6) is 0 Å². The molecule has 0 saturated carbocycles. The summed E-state index contributed by atoms with van der Waals surface area (Å²) in [5, 5.41) is 0.668. The third-order valence-electron chi connectivity index (χ3n) is 5.90. The minimum Gasteiger partial charge on any atom is -0.323 e. The van der Waals surface area contributed by atoms with Crippen LogP contribution < -0.4 is 4.90 Å². The zero-order valence-electron chi connectivity index (χ0n) is 16.8. The molecule has 150 valence electrons. The number of rotatable bonds is 4. The molecule has 1 saturated heterocycles. The maximum Gasteiger partial charge on any atom is 0.227 e. The standard InChI is InChI=1S/C25H22ClN3O/c1-17-6-2-3-7-18(17)15-29-23-9-5-4-8-22(23)27-25(29)19-14-24(30)28(16-19)21-12-10-20(26)11-13-21/h2-13,19H,14-16H2,1H3/t19-/m0/s1. The molecule has 4 aromatic rings. The van der Waals surface area contributed by atoms with Crippen LogP contribution in [0.2, 0.25) is 5.02 Å². The molecule has 0 spiro atoms. The fraction of sp³-hybridized carbons (Fsp3) is 0.200. The van der Waals surface area contributed by atoms with Gasteiger partial charge in [0.05, 0.1) is 11.0 Å². The Bertz CT molecular complexity index is 1230. The monoisotopic (exact) mass is 415 g/mol. The first-order chi connectivity index (χ1) is 14.6. The summed E-state index contributed by atoms with van der Waals surface area (Å²) < 4.78 is 2.28. The van der Waals surface area contributed by atoms with E-state index in [-0.39, 0.29) is 11.8 Å². The average molecular weight is 416 g/mol. The van der Waals surface area contributed by atoms with Crippen molar-refractivity contribution in [2.24, 2.45) is 0 Å². The third kappa shape index (κ3) is 3.37. The van der Waals surface area contributed by atoms with E-state index >= 15 is 0 Å². The molecular weight excluding hydrogens is 394 g/mol. The van der Waals surface area contributed by atoms with Gasteiger partial charge in [-0.15, -0.1) is 0 Å². The minimum absolute atomic E-state index is 0.0459. The van der Waals surface area contributed by atoms with E-state index in [1.54, 1.807) is 0 Å². The first-order valence-corrected chi connectivity index (χ1v) is 10.5. The van der Waals surface area contributed by atoms with Crippen molar-refractivity contribution in [3.63, 3.8) is 0 Å². The van der Waals surface area contributed by atoms with Crippen LogP contribution in [0, 0.1) is 6.92 Å².